The second kappa shape index (κ2) is 7.33. The van der Waals surface area contributed by atoms with Crippen LogP contribution in [0.3, 0.4) is 0 Å². The number of nitrogens with zero attached hydrogens (tertiary/aromatic N) is 2. The fourth-order valence-electron chi connectivity index (χ4n) is 3.06. The standard InChI is InChI=1S/C20H19N3O2S/c1-13-5-8-17(25-13)9-10-19-21-20(23-22-19)26-12-18(24)16-7-6-14-3-2-4-15(14)11-16/h5-11H,2-4,12H2,1H3,(H,21,22,23)/b10-9+. The second-order valence-corrected chi connectivity index (χ2v) is 7.28. The highest BCUT2D eigenvalue weighted by molar-refractivity contribution is 7.99. The number of nitrogens with one attached hydrogen (secondary N) is 1. The molecule has 1 aromatic carbocycles. The molecule has 0 saturated carbocycles. The van der Waals surface area contributed by atoms with Crippen molar-refractivity contribution in [3.05, 3.63) is 64.4 Å². The Hall–Kier alpha value is -2.60. The van der Waals surface area contributed by atoms with Crippen molar-refractivity contribution in [3.63, 3.8) is 0 Å². The molecule has 1 aliphatic carbocycles. The highest BCUT2D eigenvalue weighted by Gasteiger charge is 2.15. The lowest BCUT2D eigenvalue weighted by Crippen LogP contribution is -2.03. The predicted molar refractivity (Wildman–Crippen MR) is 102 cm³/mol. The van der Waals surface area contributed by atoms with Crippen LogP contribution in [0.4, 0.5) is 0 Å². The van der Waals surface area contributed by atoms with Crippen LogP contribution in [0.25, 0.3) is 12.2 Å². The minimum Gasteiger partial charge on any atom is -0.462 e. The van der Waals surface area contributed by atoms with Crippen molar-refractivity contribution in [2.45, 2.75) is 31.3 Å². The first-order valence-electron chi connectivity index (χ1n) is 8.62. The van der Waals surface area contributed by atoms with E-state index in [1.165, 1.54) is 29.3 Å². The molecule has 0 spiro atoms. The average molecular weight is 365 g/mol. The smallest absolute Gasteiger partial charge is 0.209 e. The summed E-state index contributed by atoms with van der Waals surface area (Å²) in [4.78, 5) is 16.8. The van der Waals surface area contributed by atoms with Crippen LogP contribution < -0.4 is 0 Å². The molecule has 0 radical (unpaired) electrons. The average Bonchev–Trinajstić information content (AvgIpc) is 3.38. The van der Waals surface area contributed by atoms with E-state index in [1.807, 2.05) is 37.3 Å². The predicted octanol–water partition coefficient (Wildman–Crippen LogP) is 4.34. The van der Waals surface area contributed by atoms with Gasteiger partial charge in [-0.15, -0.1) is 5.10 Å². The highest BCUT2D eigenvalue weighted by atomic mass is 32.2. The van der Waals surface area contributed by atoms with Crippen LogP contribution in [0.15, 0.2) is 39.9 Å². The Morgan fingerprint density at radius 2 is 2.12 bits per heavy atom. The maximum Gasteiger partial charge on any atom is 0.209 e. The molecule has 1 N–H and O–H groups in total. The van der Waals surface area contributed by atoms with Gasteiger partial charge in [-0.2, -0.15) is 0 Å². The van der Waals surface area contributed by atoms with Gasteiger partial charge in [0.2, 0.25) is 5.16 Å². The number of aromatic amines is 1. The Bertz CT molecular complexity index is 971. The number of hydrogen-bond acceptors (Lipinski definition) is 5. The maximum atomic E-state index is 12.4. The third-order valence-corrected chi connectivity index (χ3v) is 5.25. The topological polar surface area (TPSA) is 71.8 Å². The van der Waals surface area contributed by atoms with Crippen molar-refractivity contribution < 1.29 is 9.21 Å². The monoisotopic (exact) mass is 365 g/mol. The number of hydrogen-bond donors (Lipinski definition) is 1. The lowest BCUT2D eigenvalue weighted by molar-refractivity contribution is 0.102. The Labute approximate surface area is 155 Å². The number of thioether (sulfide) groups is 1. The van der Waals surface area contributed by atoms with Gasteiger partial charge in [0.1, 0.15) is 17.3 Å². The van der Waals surface area contributed by atoms with Crippen molar-refractivity contribution in [2.24, 2.45) is 0 Å². The van der Waals surface area contributed by atoms with E-state index >= 15 is 0 Å². The van der Waals surface area contributed by atoms with Gasteiger partial charge in [0.15, 0.2) is 5.78 Å². The van der Waals surface area contributed by atoms with Gasteiger partial charge in [-0.3, -0.25) is 9.89 Å². The van der Waals surface area contributed by atoms with Gasteiger partial charge in [-0.25, -0.2) is 4.98 Å². The zero-order valence-electron chi connectivity index (χ0n) is 14.5. The summed E-state index contributed by atoms with van der Waals surface area (Å²) in [7, 11) is 0. The van der Waals surface area contributed by atoms with Gasteiger partial charge in [-0.1, -0.05) is 23.9 Å². The highest BCUT2D eigenvalue weighted by Crippen LogP contribution is 2.24. The third-order valence-electron chi connectivity index (χ3n) is 4.40. The van der Waals surface area contributed by atoms with Crippen molar-refractivity contribution in [1.82, 2.24) is 15.2 Å². The van der Waals surface area contributed by atoms with E-state index in [4.69, 9.17) is 4.42 Å². The molecule has 0 atom stereocenters. The molecule has 26 heavy (non-hydrogen) atoms. The number of furan rings is 1. The van der Waals surface area contributed by atoms with Crippen molar-refractivity contribution in [2.75, 3.05) is 5.75 Å². The number of H-pyrrole nitrogens is 1. The molecule has 132 valence electrons. The summed E-state index contributed by atoms with van der Waals surface area (Å²) >= 11 is 1.34. The van der Waals surface area contributed by atoms with Crippen LogP contribution in [-0.4, -0.2) is 26.7 Å². The molecular weight excluding hydrogens is 346 g/mol. The molecule has 0 unspecified atom stereocenters. The summed E-state index contributed by atoms with van der Waals surface area (Å²) in [6, 6.07) is 9.87. The molecule has 0 bridgehead atoms. The van der Waals surface area contributed by atoms with Gasteiger partial charge < -0.3 is 4.42 Å². The van der Waals surface area contributed by atoms with Crippen LogP contribution in [0.5, 0.6) is 0 Å². The van der Waals surface area contributed by atoms with Crippen LogP contribution in [-0.2, 0) is 12.8 Å². The summed E-state index contributed by atoms with van der Waals surface area (Å²) in [5.74, 6) is 2.70. The molecule has 2 heterocycles. The molecular formula is C20H19N3O2S. The van der Waals surface area contributed by atoms with E-state index in [9.17, 15) is 4.79 Å². The van der Waals surface area contributed by atoms with E-state index in [2.05, 4.69) is 21.2 Å². The first-order chi connectivity index (χ1) is 12.7. The number of Topliss-reactive ketones (excluding diaryl/α,β-unsaturated/α-hetero) is 1. The summed E-state index contributed by atoms with van der Waals surface area (Å²) in [6.45, 7) is 1.90. The normalized spacial score (nSPS) is 13.4. The summed E-state index contributed by atoms with van der Waals surface area (Å²) in [5.41, 5.74) is 3.48. The Morgan fingerprint density at radius 3 is 2.96 bits per heavy atom. The van der Waals surface area contributed by atoms with E-state index in [0.717, 1.165) is 29.9 Å². The number of aryl methyl sites for hydroxylation is 3. The van der Waals surface area contributed by atoms with Crippen molar-refractivity contribution in [1.29, 1.82) is 0 Å². The molecule has 5 nitrogen and oxygen atoms in total. The lowest BCUT2D eigenvalue weighted by Gasteiger charge is -2.03. The Kier molecular flexibility index (Phi) is 4.75. The molecule has 0 amide bonds. The summed E-state index contributed by atoms with van der Waals surface area (Å²) in [6.07, 6.45) is 7.03. The SMILES string of the molecule is Cc1ccc(/C=C/c2nc(SCC(=O)c3ccc4c(c3)CCC4)n[nH]2)o1. The first-order valence-corrected chi connectivity index (χ1v) is 9.61. The fraction of sp³-hybridized carbons (Fsp3) is 0.250. The minimum atomic E-state index is 0.109. The maximum absolute atomic E-state index is 12.4. The third kappa shape index (κ3) is 3.80. The number of rotatable bonds is 6. The van der Waals surface area contributed by atoms with Crippen LogP contribution in [0, 0.1) is 6.92 Å². The van der Waals surface area contributed by atoms with Crippen LogP contribution in [0.2, 0.25) is 0 Å². The van der Waals surface area contributed by atoms with Gasteiger partial charge >= 0.3 is 0 Å². The van der Waals surface area contributed by atoms with Crippen LogP contribution >= 0.6 is 11.8 Å². The molecule has 4 rings (SSSR count). The molecule has 6 heteroatoms. The quantitative estimate of drug-likeness (QED) is 0.520. The van der Waals surface area contributed by atoms with Gasteiger partial charge in [0.25, 0.3) is 0 Å². The first kappa shape index (κ1) is 16.8. The molecule has 0 aliphatic heterocycles. The second-order valence-electron chi connectivity index (χ2n) is 6.33. The van der Waals surface area contributed by atoms with E-state index in [0.29, 0.717) is 16.7 Å². The fourth-order valence-corrected chi connectivity index (χ4v) is 3.76. The number of aromatic nitrogens is 3. The number of benzene rings is 1. The van der Waals surface area contributed by atoms with Crippen molar-refractivity contribution in [3.8, 4) is 0 Å². The van der Waals surface area contributed by atoms with E-state index < -0.39 is 0 Å². The van der Waals surface area contributed by atoms with Gasteiger partial charge in [0, 0.05) is 5.56 Å². The summed E-state index contributed by atoms with van der Waals surface area (Å²) < 4.78 is 5.47. The molecule has 0 fully saturated rings. The largest absolute Gasteiger partial charge is 0.462 e. The zero-order valence-corrected chi connectivity index (χ0v) is 15.3. The zero-order chi connectivity index (χ0) is 17.9. The van der Waals surface area contributed by atoms with Gasteiger partial charge in [0.05, 0.1) is 5.75 Å². The lowest BCUT2D eigenvalue weighted by atomic mass is 10.0. The molecule has 0 saturated heterocycles. The number of carbonyl (C=O) groups is 1. The van der Waals surface area contributed by atoms with Crippen molar-refractivity contribution >= 4 is 29.7 Å². The molecule has 3 aromatic rings. The molecule has 1 aliphatic rings. The Balaban J connectivity index is 1.35. The van der Waals surface area contributed by atoms with Gasteiger partial charge in [-0.05, 0) is 67.7 Å². The summed E-state index contributed by atoms with van der Waals surface area (Å²) in [5, 5.41) is 7.57. The number of fused-ring (bicyclic) bond motifs is 1. The van der Waals surface area contributed by atoms with Crippen LogP contribution in [0.1, 0.15) is 45.3 Å². The van der Waals surface area contributed by atoms with E-state index in [-0.39, 0.29) is 5.78 Å². The number of ketones is 1. The number of carbonyl (C=O) groups excluding carboxylic acids is 1. The minimum absolute atomic E-state index is 0.109. The van der Waals surface area contributed by atoms with E-state index in [1.54, 1.807) is 6.08 Å². The Morgan fingerprint density at radius 1 is 1.23 bits per heavy atom. The molecule has 2 aromatic heterocycles.